The molecule has 0 aliphatic heterocycles. The number of aromatic nitrogens is 1. The van der Waals surface area contributed by atoms with Crippen molar-refractivity contribution in [3.8, 4) is 11.4 Å². The van der Waals surface area contributed by atoms with E-state index in [-0.39, 0.29) is 19.2 Å². The number of aliphatic hydroxyl groups excluding tert-OH is 1. The second-order valence-electron chi connectivity index (χ2n) is 7.94. The van der Waals surface area contributed by atoms with E-state index in [1.54, 1.807) is 13.0 Å². The van der Waals surface area contributed by atoms with E-state index in [9.17, 15) is 4.79 Å². The van der Waals surface area contributed by atoms with E-state index in [4.69, 9.17) is 14.6 Å². The van der Waals surface area contributed by atoms with Crippen LogP contribution in [0.1, 0.15) is 23.6 Å². The van der Waals surface area contributed by atoms with E-state index < -0.39 is 0 Å². The molecule has 0 spiro atoms. The highest BCUT2D eigenvalue weighted by Crippen LogP contribution is 2.28. The predicted molar refractivity (Wildman–Crippen MR) is 135 cm³/mol. The maximum absolute atomic E-state index is 11.8. The zero-order chi connectivity index (χ0) is 23.8. The van der Waals surface area contributed by atoms with Gasteiger partial charge in [0.15, 0.2) is 0 Å². The summed E-state index contributed by atoms with van der Waals surface area (Å²) < 4.78 is 12.7. The van der Waals surface area contributed by atoms with Crippen molar-refractivity contribution in [2.75, 3.05) is 19.8 Å². The molecule has 0 fully saturated rings. The molecule has 4 aromatic rings. The summed E-state index contributed by atoms with van der Waals surface area (Å²) in [4.78, 5) is 11.8. The van der Waals surface area contributed by atoms with E-state index in [2.05, 4.69) is 47.2 Å². The molecule has 0 saturated carbocycles. The first kappa shape index (κ1) is 23.3. The van der Waals surface area contributed by atoms with E-state index in [0.717, 1.165) is 40.7 Å². The smallest absolute Gasteiger partial charge is 0.330 e. The maximum Gasteiger partial charge on any atom is 0.330 e. The Hall–Kier alpha value is -3.83. The molecule has 1 heterocycles. The predicted octanol–water partition coefficient (Wildman–Crippen LogP) is 5.36. The van der Waals surface area contributed by atoms with Gasteiger partial charge in [0.25, 0.3) is 0 Å². The van der Waals surface area contributed by atoms with Crippen LogP contribution in [-0.2, 0) is 22.4 Å². The van der Waals surface area contributed by atoms with Crippen LogP contribution in [0.4, 0.5) is 0 Å². The van der Waals surface area contributed by atoms with Gasteiger partial charge in [-0.1, -0.05) is 36.4 Å². The van der Waals surface area contributed by atoms with Crippen molar-refractivity contribution in [3.63, 3.8) is 0 Å². The Morgan fingerprint density at radius 2 is 1.79 bits per heavy atom. The molecule has 3 aromatic carbocycles. The van der Waals surface area contributed by atoms with Gasteiger partial charge < -0.3 is 19.1 Å². The number of fused-ring (bicyclic) bond motifs is 1. The van der Waals surface area contributed by atoms with E-state index in [1.165, 1.54) is 17.2 Å². The van der Waals surface area contributed by atoms with Crippen molar-refractivity contribution in [1.29, 1.82) is 0 Å². The van der Waals surface area contributed by atoms with Crippen LogP contribution < -0.4 is 4.74 Å². The average molecular weight is 456 g/mol. The topological polar surface area (TPSA) is 60.7 Å². The molecule has 5 nitrogen and oxygen atoms in total. The fourth-order valence-corrected chi connectivity index (χ4v) is 3.98. The van der Waals surface area contributed by atoms with Gasteiger partial charge in [-0.25, -0.2) is 4.79 Å². The van der Waals surface area contributed by atoms with Crippen molar-refractivity contribution in [2.24, 2.45) is 0 Å². The molecular formula is C29H29NO4. The second-order valence-corrected chi connectivity index (χ2v) is 7.94. The quantitative estimate of drug-likeness (QED) is 0.258. The van der Waals surface area contributed by atoms with Crippen LogP contribution in [0, 0.1) is 0 Å². The molecule has 0 unspecified atom stereocenters. The first-order chi connectivity index (χ1) is 16.7. The van der Waals surface area contributed by atoms with Gasteiger partial charge in [0.2, 0.25) is 0 Å². The van der Waals surface area contributed by atoms with Gasteiger partial charge in [-0.15, -0.1) is 0 Å². The maximum atomic E-state index is 11.8. The van der Waals surface area contributed by atoms with Crippen molar-refractivity contribution in [1.82, 2.24) is 4.57 Å². The molecular weight excluding hydrogens is 426 g/mol. The molecule has 0 saturated heterocycles. The summed E-state index contributed by atoms with van der Waals surface area (Å²) in [7, 11) is 0. The number of carbonyl (C=O) groups is 1. The lowest BCUT2D eigenvalue weighted by Crippen LogP contribution is -2.01. The Labute approximate surface area is 199 Å². The fourth-order valence-electron chi connectivity index (χ4n) is 3.98. The molecule has 1 N–H and O–H groups in total. The number of carbonyl (C=O) groups excluding carboxylic acids is 1. The minimum absolute atomic E-state index is 0.0122. The summed E-state index contributed by atoms with van der Waals surface area (Å²) in [5.74, 6) is 0.387. The highest BCUT2D eigenvalue weighted by Gasteiger charge is 2.11. The van der Waals surface area contributed by atoms with Gasteiger partial charge in [0, 0.05) is 23.3 Å². The van der Waals surface area contributed by atoms with E-state index in [0.29, 0.717) is 6.61 Å². The lowest BCUT2D eigenvalue weighted by atomic mass is 10.0. The number of hydrogen-bond donors (Lipinski definition) is 1. The summed E-state index contributed by atoms with van der Waals surface area (Å²) in [6.45, 7) is 2.42. The fraction of sp³-hybridized carbons (Fsp3) is 0.207. The van der Waals surface area contributed by atoms with Gasteiger partial charge >= 0.3 is 5.97 Å². The molecule has 5 heteroatoms. The van der Waals surface area contributed by atoms with Crippen LogP contribution in [0.3, 0.4) is 0 Å². The Bertz CT molecular complexity index is 1260. The summed E-state index contributed by atoms with van der Waals surface area (Å²) >= 11 is 0. The van der Waals surface area contributed by atoms with Crippen LogP contribution in [0.15, 0.2) is 85.1 Å². The average Bonchev–Trinajstić information content (AvgIpc) is 3.24. The number of aryl methyl sites for hydroxylation is 2. The summed E-state index contributed by atoms with van der Waals surface area (Å²) in [5.41, 5.74) is 5.62. The largest absolute Gasteiger partial charge is 0.491 e. The molecule has 0 aliphatic rings. The molecule has 0 radical (unpaired) electrons. The molecule has 1 aromatic heterocycles. The van der Waals surface area contributed by atoms with E-state index >= 15 is 0 Å². The standard InChI is InChI=1S/C29H29NO4/c1-2-33-29(32)17-10-23-9-16-28-27(20-23)24(11-8-22-6-4-3-5-7-22)21-30(28)25-12-14-26(15-13-25)34-19-18-31/h3-7,9-10,12-17,20-21,31H,2,8,11,18-19H2,1H3/b17-10+. The molecule has 4 rings (SSSR count). The highest BCUT2D eigenvalue weighted by molar-refractivity contribution is 5.91. The van der Waals surface area contributed by atoms with Crippen molar-refractivity contribution >= 4 is 22.9 Å². The number of esters is 1. The molecule has 174 valence electrons. The number of hydrogen-bond acceptors (Lipinski definition) is 4. The zero-order valence-corrected chi connectivity index (χ0v) is 19.3. The monoisotopic (exact) mass is 455 g/mol. The SMILES string of the molecule is CCOC(=O)/C=C/c1ccc2c(c1)c(CCc1ccccc1)cn2-c1ccc(OCCO)cc1. The van der Waals surface area contributed by atoms with Crippen molar-refractivity contribution < 1.29 is 19.4 Å². The number of rotatable bonds is 10. The minimum atomic E-state index is -0.340. The minimum Gasteiger partial charge on any atom is -0.491 e. The number of benzene rings is 3. The van der Waals surface area contributed by atoms with Crippen LogP contribution in [-0.4, -0.2) is 35.5 Å². The van der Waals surface area contributed by atoms with Gasteiger partial charge in [-0.3, -0.25) is 0 Å². The van der Waals surface area contributed by atoms with Gasteiger partial charge in [0.1, 0.15) is 12.4 Å². The summed E-state index contributed by atoms with van der Waals surface area (Å²) in [5, 5.41) is 10.1. The van der Waals surface area contributed by atoms with Crippen LogP contribution >= 0.6 is 0 Å². The Morgan fingerprint density at radius 3 is 2.53 bits per heavy atom. The summed E-state index contributed by atoms with van der Waals surface area (Å²) in [6.07, 6.45) is 7.29. The van der Waals surface area contributed by atoms with Gasteiger partial charge in [-0.2, -0.15) is 0 Å². The van der Waals surface area contributed by atoms with E-state index in [1.807, 2.05) is 36.4 Å². The van der Waals surface area contributed by atoms with Crippen LogP contribution in [0.2, 0.25) is 0 Å². The highest BCUT2D eigenvalue weighted by atomic mass is 16.5. The van der Waals surface area contributed by atoms with Gasteiger partial charge in [0.05, 0.1) is 18.7 Å². The first-order valence-corrected chi connectivity index (χ1v) is 11.5. The third-order valence-corrected chi connectivity index (χ3v) is 5.61. The van der Waals surface area contributed by atoms with Crippen LogP contribution in [0.25, 0.3) is 22.7 Å². The lowest BCUT2D eigenvalue weighted by Gasteiger charge is -2.08. The zero-order valence-electron chi connectivity index (χ0n) is 19.3. The summed E-state index contributed by atoms with van der Waals surface area (Å²) in [6, 6.07) is 24.5. The molecule has 0 bridgehead atoms. The lowest BCUT2D eigenvalue weighted by molar-refractivity contribution is -0.137. The normalized spacial score (nSPS) is 11.2. The molecule has 0 amide bonds. The first-order valence-electron chi connectivity index (χ1n) is 11.5. The molecule has 0 atom stereocenters. The third-order valence-electron chi connectivity index (χ3n) is 5.61. The molecule has 0 aliphatic carbocycles. The Kier molecular flexibility index (Phi) is 7.79. The Balaban J connectivity index is 1.68. The van der Waals surface area contributed by atoms with Crippen molar-refractivity contribution in [2.45, 2.75) is 19.8 Å². The third kappa shape index (κ3) is 5.74. The van der Waals surface area contributed by atoms with Gasteiger partial charge in [-0.05, 0) is 78.9 Å². The number of aliphatic hydroxyl groups is 1. The van der Waals surface area contributed by atoms with Crippen molar-refractivity contribution in [3.05, 3.63) is 102 Å². The van der Waals surface area contributed by atoms with Crippen LogP contribution in [0.5, 0.6) is 5.75 Å². The second kappa shape index (κ2) is 11.3. The Morgan fingerprint density at radius 1 is 1.00 bits per heavy atom. The number of ether oxygens (including phenoxy) is 2. The molecule has 34 heavy (non-hydrogen) atoms. The number of nitrogens with zero attached hydrogens (tertiary/aromatic N) is 1.